The fourth-order valence-electron chi connectivity index (χ4n) is 2.63. The van der Waals surface area contributed by atoms with Gasteiger partial charge in [0, 0.05) is 27.1 Å². The number of aromatic nitrogens is 2. The number of ether oxygens (including phenoxy) is 1. The van der Waals surface area contributed by atoms with Crippen LogP contribution in [0.2, 0.25) is 0 Å². The molecule has 2 aromatic rings. The van der Waals surface area contributed by atoms with Crippen molar-refractivity contribution in [3.63, 3.8) is 0 Å². The van der Waals surface area contributed by atoms with Gasteiger partial charge in [-0.1, -0.05) is 0 Å². The number of rotatable bonds is 5. The molecule has 1 aromatic carbocycles. The first-order chi connectivity index (χ1) is 14.3. The molecule has 2 amide bonds. The number of nitrogens with zero attached hydrogens (tertiary/aromatic N) is 3. The number of amides is 2. The molecule has 0 atom stereocenters. The average molecular weight is 432 g/mol. The average Bonchev–Trinajstić information content (AvgIpc) is 2.63. The van der Waals surface area contributed by atoms with Crippen molar-refractivity contribution >= 4 is 29.0 Å². The molecular weight excluding hydrogens is 404 g/mol. The summed E-state index contributed by atoms with van der Waals surface area (Å²) in [5.74, 6) is -1.46. The molecule has 0 fully saturated rings. The number of hydrogen-bond acceptors (Lipinski definition) is 7. The third-order valence-corrected chi connectivity index (χ3v) is 4.30. The van der Waals surface area contributed by atoms with E-state index in [9.17, 15) is 19.2 Å². The van der Waals surface area contributed by atoms with E-state index >= 15 is 0 Å². The quantitative estimate of drug-likeness (QED) is 0.762. The summed E-state index contributed by atoms with van der Waals surface area (Å²) in [6.45, 7) is 10.4. The molecular formula is C21H28N4O6. The van der Waals surface area contributed by atoms with Crippen LogP contribution in [0.1, 0.15) is 49.3 Å². The summed E-state index contributed by atoms with van der Waals surface area (Å²) >= 11 is 0. The Bertz CT molecular complexity index is 1080. The van der Waals surface area contributed by atoms with Gasteiger partial charge in [-0.2, -0.15) is 0 Å². The van der Waals surface area contributed by atoms with E-state index in [2.05, 4.69) is 10.3 Å². The molecule has 1 N–H and O–H groups in total. The molecule has 0 saturated heterocycles. The fraction of sp³-hybridized carbons (Fsp3) is 0.476. The van der Waals surface area contributed by atoms with Gasteiger partial charge in [-0.25, -0.2) is 14.6 Å². The Kier molecular flexibility index (Phi) is 7.04. The van der Waals surface area contributed by atoms with Gasteiger partial charge in [0.05, 0.1) is 5.52 Å². The molecule has 0 bridgehead atoms. The minimum Gasteiger partial charge on any atom is -0.444 e. The highest BCUT2D eigenvalue weighted by molar-refractivity contribution is 5.94. The van der Waals surface area contributed by atoms with Crippen molar-refractivity contribution < 1.29 is 24.0 Å². The normalized spacial score (nSPS) is 11.2. The predicted octanol–water partition coefficient (Wildman–Crippen LogP) is 1.59. The molecule has 10 nitrogen and oxygen atoms in total. The van der Waals surface area contributed by atoms with Gasteiger partial charge in [0.25, 0.3) is 5.91 Å². The molecule has 0 saturated carbocycles. The Morgan fingerprint density at radius 2 is 1.77 bits per heavy atom. The van der Waals surface area contributed by atoms with Crippen molar-refractivity contribution in [3.8, 4) is 0 Å². The standard InChI is InChI=1S/C21H28N4O6/c1-12-10-15-16(11-13(12)2)25(31-14(3)26)19(28)17(23-15)18(27)22-8-9-24(7)20(29)30-21(4,5)6/h10-11H,8-9H2,1-7H3,(H,22,27). The molecule has 0 unspecified atom stereocenters. The zero-order valence-corrected chi connectivity index (χ0v) is 18.9. The first kappa shape index (κ1) is 23.8. The zero-order valence-electron chi connectivity index (χ0n) is 18.9. The number of benzene rings is 1. The number of carbonyl (C=O) groups is 3. The highest BCUT2D eigenvalue weighted by Crippen LogP contribution is 2.16. The molecule has 31 heavy (non-hydrogen) atoms. The summed E-state index contributed by atoms with van der Waals surface area (Å²) in [7, 11) is 1.54. The summed E-state index contributed by atoms with van der Waals surface area (Å²) in [4.78, 5) is 59.4. The van der Waals surface area contributed by atoms with Crippen LogP contribution in [0.25, 0.3) is 11.0 Å². The van der Waals surface area contributed by atoms with E-state index in [0.717, 1.165) is 22.8 Å². The summed E-state index contributed by atoms with van der Waals surface area (Å²) in [6.07, 6.45) is -0.534. The van der Waals surface area contributed by atoms with E-state index in [1.807, 2.05) is 13.8 Å². The van der Waals surface area contributed by atoms with E-state index in [-0.39, 0.29) is 18.6 Å². The van der Waals surface area contributed by atoms with Gasteiger partial charge in [0.1, 0.15) is 11.1 Å². The predicted molar refractivity (Wildman–Crippen MR) is 114 cm³/mol. The van der Waals surface area contributed by atoms with Crippen molar-refractivity contribution in [3.05, 3.63) is 39.3 Å². The Labute approximate surface area is 180 Å². The molecule has 168 valence electrons. The van der Waals surface area contributed by atoms with Crippen LogP contribution in [0.5, 0.6) is 0 Å². The lowest BCUT2D eigenvalue weighted by molar-refractivity contribution is -0.141. The summed E-state index contributed by atoms with van der Waals surface area (Å²) in [6, 6.07) is 3.37. The molecule has 0 aliphatic rings. The number of carbonyl (C=O) groups excluding carboxylic acids is 3. The molecule has 0 radical (unpaired) electrons. The monoisotopic (exact) mass is 432 g/mol. The number of aryl methyl sites for hydroxylation is 2. The van der Waals surface area contributed by atoms with Crippen LogP contribution in [0.3, 0.4) is 0 Å². The van der Waals surface area contributed by atoms with Crippen molar-refractivity contribution in [2.45, 2.75) is 47.1 Å². The Morgan fingerprint density at radius 1 is 1.16 bits per heavy atom. The maximum Gasteiger partial charge on any atom is 0.410 e. The Balaban J connectivity index is 2.25. The van der Waals surface area contributed by atoms with Gasteiger partial charge in [-0.15, -0.1) is 4.73 Å². The Morgan fingerprint density at radius 3 is 2.35 bits per heavy atom. The zero-order chi connectivity index (χ0) is 23.5. The lowest BCUT2D eigenvalue weighted by Gasteiger charge is -2.24. The lowest BCUT2D eigenvalue weighted by Crippen LogP contribution is -2.42. The van der Waals surface area contributed by atoms with Gasteiger partial charge in [-0.05, 0) is 57.9 Å². The van der Waals surface area contributed by atoms with Crippen LogP contribution in [-0.4, -0.2) is 58.3 Å². The summed E-state index contributed by atoms with van der Waals surface area (Å²) in [5.41, 5.74) is 0.475. The van der Waals surface area contributed by atoms with Gasteiger partial charge < -0.3 is 19.8 Å². The van der Waals surface area contributed by atoms with Crippen LogP contribution in [0.15, 0.2) is 16.9 Å². The molecule has 0 spiro atoms. The molecule has 0 aliphatic heterocycles. The first-order valence-corrected chi connectivity index (χ1v) is 9.75. The summed E-state index contributed by atoms with van der Waals surface area (Å²) in [5, 5.41) is 2.55. The minimum atomic E-state index is -0.857. The fourth-order valence-corrected chi connectivity index (χ4v) is 2.63. The number of hydrogen-bond donors (Lipinski definition) is 1. The third-order valence-electron chi connectivity index (χ3n) is 4.30. The largest absolute Gasteiger partial charge is 0.444 e. The second kappa shape index (κ2) is 9.15. The van der Waals surface area contributed by atoms with E-state index in [1.54, 1.807) is 32.9 Å². The van der Waals surface area contributed by atoms with Crippen molar-refractivity contribution in [1.29, 1.82) is 0 Å². The van der Waals surface area contributed by atoms with Crippen LogP contribution in [0, 0.1) is 13.8 Å². The highest BCUT2D eigenvalue weighted by Gasteiger charge is 2.22. The van der Waals surface area contributed by atoms with Crippen LogP contribution < -0.4 is 15.7 Å². The lowest BCUT2D eigenvalue weighted by atomic mass is 10.1. The van der Waals surface area contributed by atoms with Gasteiger partial charge >= 0.3 is 17.6 Å². The van der Waals surface area contributed by atoms with Crippen molar-refractivity contribution in [2.75, 3.05) is 20.1 Å². The number of fused-ring (bicyclic) bond motifs is 1. The Hall–Kier alpha value is -3.43. The van der Waals surface area contributed by atoms with Crippen LogP contribution in [0.4, 0.5) is 4.79 Å². The maximum atomic E-state index is 12.8. The van der Waals surface area contributed by atoms with E-state index in [4.69, 9.17) is 9.57 Å². The van der Waals surface area contributed by atoms with Crippen molar-refractivity contribution in [1.82, 2.24) is 19.9 Å². The second-order valence-corrected chi connectivity index (χ2v) is 8.23. The van der Waals surface area contributed by atoms with Gasteiger partial charge in [0.15, 0.2) is 5.69 Å². The smallest absolute Gasteiger partial charge is 0.410 e. The van der Waals surface area contributed by atoms with Crippen molar-refractivity contribution in [2.24, 2.45) is 0 Å². The van der Waals surface area contributed by atoms with Crippen LogP contribution >= 0.6 is 0 Å². The SMILES string of the molecule is CC(=O)On1c(=O)c(C(=O)NCCN(C)C(=O)OC(C)(C)C)nc2cc(C)c(C)cc21. The summed E-state index contributed by atoms with van der Waals surface area (Å²) < 4.78 is 6.02. The first-order valence-electron chi connectivity index (χ1n) is 9.75. The molecule has 1 aromatic heterocycles. The van der Waals surface area contributed by atoms with Crippen LogP contribution in [-0.2, 0) is 9.53 Å². The van der Waals surface area contributed by atoms with Gasteiger partial charge in [-0.3, -0.25) is 9.59 Å². The molecule has 1 heterocycles. The molecule has 0 aliphatic carbocycles. The van der Waals surface area contributed by atoms with E-state index in [0.29, 0.717) is 5.52 Å². The molecule has 2 rings (SSSR count). The van der Waals surface area contributed by atoms with E-state index < -0.39 is 34.8 Å². The number of likely N-dealkylation sites (N-methyl/N-ethyl adjacent to an activating group) is 1. The number of nitrogens with one attached hydrogen (secondary N) is 1. The second-order valence-electron chi connectivity index (χ2n) is 8.23. The van der Waals surface area contributed by atoms with E-state index in [1.165, 1.54) is 11.9 Å². The van der Waals surface area contributed by atoms with Gasteiger partial charge in [0.2, 0.25) is 0 Å². The maximum absolute atomic E-state index is 12.8. The topological polar surface area (TPSA) is 120 Å². The third kappa shape index (κ3) is 6.03. The highest BCUT2D eigenvalue weighted by atomic mass is 16.7. The molecule has 10 heteroatoms. The minimum absolute atomic E-state index is 0.0637.